The van der Waals surface area contributed by atoms with Gasteiger partial charge in [-0.05, 0) is 29.5 Å². The van der Waals surface area contributed by atoms with Crippen LogP contribution in [0.1, 0.15) is 5.56 Å². The average molecular weight is 173 g/mol. The third-order valence-corrected chi connectivity index (χ3v) is 1.42. The molecule has 0 bridgehead atoms. The zero-order chi connectivity index (χ0) is 8.10. The number of anilines is 1. The van der Waals surface area contributed by atoms with Crippen molar-refractivity contribution in [2.24, 2.45) is 0 Å². The van der Waals surface area contributed by atoms with Gasteiger partial charge in [0, 0.05) is 5.69 Å². The predicted molar refractivity (Wildman–Crippen MR) is 45.0 cm³/mol. The number of benzene rings is 1. The number of hydrazine groups is 1. The summed E-state index contributed by atoms with van der Waals surface area (Å²) in [6, 6.07) is 7.27. The maximum Gasteiger partial charge on any atom is 0.0681 e. The summed E-state index contributed by atoms with van der Waals surface area (Å²) in [4.78, 5) is 2.28. The molecule has 11 heavy (non-hydrogen) atoms. The third-order valence-electron chi connectivity index (χ3n) is 1.33. The van der Waals surface area contributed by atoms with Crippen LogP contribution in [0.25, 0.3) is 0 Å². The van der Waals surface area contributed by atoms with Gasteiger partial charge in [0.05, 0.1) is 6.61 Å². The molecule has 0 aromatic heterocycles. The monoisotopic (exact) mass is 172 g/mol. The summed E-state index contributed by atoms with van der Waals surface area (Å²) in [6.07, 6.45) is 0. The van der Waals surface area contributed by atoms with Crippen molar-refractivity contribution in [1.29, 1.82) is 0 Å². The maximum absolute atomic E-state index is 8.70. The minimum atomic E-state index is 0.0641. The lowest BCUT2D eigenvalue weighted by Crippen LogP contribution is -2.08. The molecular weight excluding hydrogens is 164 g/mol. The van der Waals surface area contributed by atoms with E-state index in [9.17, 15) is 0 Å². The quantitative estimate of drug-likeness (QED) is 0.475. The molecule has 0 aliphatic rings. The number of halogens is 1. The first-order valence-corrected chi connectivity index (χ1v) is 3.56. The molecule has 60 valence electrons. The van der Waals surface area contributed by atoms with Gasteiger partial charge >= 0.3 is 0 Å². The zero-order valence-electron chi connectivity index (χ0n) is 5.84. The van der Waals surface area contributed by atoms with Crippen LogP contribution >= 0.6 is 11.8 Å². The summed E-state index contributed by atoms with van der Waals surface area (Å²) in [5, 5.41) is 8.70. The molecule has 4 heteroatoms. The summed E-state index contributed by atoms with van der Waals surface area (Å²) in [5.74, 6) is 0. The molecular formula is C7H9ClN2O. The van der Waals surface area contributed by atoms with E-state index in [4.69, 9.17) is 16.9 Å². The first-order chi connectivity index (χ1) is 5.36. The van der Waals surface area contributed by atoms with Gasteiger partial charge in [-0.1, -0.05) is 12.1 Å². The first kappa shape index (κ1) is 8.33. The maximum atomic E-state index is 8.70. The summed E-state index contributed by atoms with van der Waals surface area (Å²) >= 11 is 5.20. The minimum Gasteiger partial charge on any atom is -0.392 e. The lowest BCUT2D eigenvalue weighted by atomic mass is 10.2. The Bertz CT molecular complexity index is 212. The molecule has 0 saturated carbocycles. The normalized spacial score (nSPS) is 9.64. The topological polar surface area (TPSA) is 44.3 Å². The summed E-state index contributed by atoms with van der Waals surface area (Å²) < 4.78 is 0. The second-order valence-electron chi connectivity index (χ2n) is 2.07. The van der Waals surface area contributed by atoms with E-state index in [1.165, 1.54) is 0 Å². The Morgan fingerprint density at radius 3 is 2.36 bits per heavy atom. The van der Waals surface area contributed by atoms with Gasteiger partial charge < -0.3 is 10.5 Å². The molecule has 0 unspecified atom stereocenters. The van der Waals surface area contributed by atoms with Gasteiger partial charge in [-0.3, -0.25) is 0 Å². The highest BCUT2D eigenvalue weighted by molar-refractivity contribution is 6.13. The minimum absolute atomic E-state index is 0.0641. The molecule has 0 spiro atoms. The van der Waals surface area contributed by atoms with Crippen LogP contribution in [0, 0.1) is 0 Å². The van der Waals surface area contributed by atoms with Crippen molar-refractivity contribution < 1.29 is 5.11 Å². The van der Waals surface area contributed by atoms with Gasteiger partial charge in [-0.25, -0.2) is 0 Å². The second-order valence-corrected chi connectivity index (χ2v) is 2.26. The number of hydrogen-bond acceptors (Lipinski definition) is 3. The number of aliphatic hydroxyl groups is 1. The number of hydrogen-bond donors (Lipinski definition) is 3. The standard InChI is InChI=1S/C7H9ClN2O/c8-10-9-7-3-1-6(5-11)2-4-7/h1-4,9-11H,5H2. The van der Waals surface area contributed by atoms with Gasteiger partial charge in [-0.15, -0.1) is 4.94 Å². The number of nitrogens with one attached hydrogen (secondary N) is 2. The molecule has 3 nitrogen and oxygen atoms in total. The number of rotatable bonds is 3. The Hall–Kier alpha value is -0.770. The van der Waals surface area contributed by atoms with Crippen molar-refractivity contribution in [2.45, 2.75) is 6.61 Å². The van der Waals surface area contributed by atoms with Crippen molar-refractivity contribution >= 4 is 17.5 Å². The van der Waals surface area contributed by atoms with E-state index in [1.54, 1.807) is 0 Å². The molecule has 3 N–H and O–H groups in total. The molecule has 1 aromatic rings. The SMILES string of the molecule is OCc1ccc(NNCl)cc1. The van der Waals surface area contributed by atoms with Crippen LogP contribution in [0.15, 0.2) is 24.3 Å². The Morgan fingerprint density at radius 1 is 1.27 bits per heavy atom. The molecule has 0 heterocycles. The van der Waals surface area contributed by atoms with E-state index in [-0.39, 0.29) is 6.61 Å². The molecule has 0 saturated heterocycles. The zero-order valence-corrected chi connectivity index (χ0v) is 6.60. The Morgan fingerprint density at radius 2 is 1.91 bits per heavy atom. The van der Waals surface area contributed by atoms with Gasteiger partial charge in [0.2, 0.25) is 0 Å². The van der Waals surface area contributed by atoms with E-state index in [1.807, 2.05) is 24.3 Å². The fourth-order valence-corrected chi connectivity index (χ4v) is 0.857. The van der Waals surface area contributed by atoms with E-state index >= 15 is 0 Å². The largest absolute Gasteiger partial charge is 0.392 e. The van der Waals surface area contributed by atoms with Gasteiger partial charge in [0.25, 0.3) is 0 Å². The van der Waals surface area contributed by atoms with Crippen LogP contribution in [0.5, 0.6) is 0 Å². The van der Waals surface area contributed by atoms with Crippen molar-refractivity contribution in [3.8, 4) is 0 Å². The van der Waals surface area contributed by atoms with Crippen molar-refractivity contribution in [2.75, 3.05) is 5.43 Å². The second kappa shape index (κ2) is 4.18. The number of aliphatic hydroxyl groups excluding tert-OH is 1. The van der Waals surface area contributed by atoms with Crippen molar-refractivity contribution in [1.82, 2.24) is 4.94 Å². The summed E-state index contributed by atoms with van der Waals surface area (Å²) in [6.45, 7) is 0.0641. The van der Waals surface area contributed by atoms with Crippen LogP contribution in [-0.2, 0) is 6.61 Å². The Balaban J connectivity index is 2.66. The van der Waals surface area contributed by atoms with Crippen LogP contribution in [0.4, 0.5) is 5.69 Å². The van der Waals surface area contributed by atoms with E-state index in [2.05, 4.69) is 10.4 Å². The lowest BCUT2D eigenvalue weighted by molar-refractivity contribution is 0.282. The average Bonchev–Trinajstić information content (AvgIpc) is 2.07. The Labute approximate surface area is 70.1 Å². The van der Waals surface area contributed by atoms with E-state index < -0.39 is 0 Å². The van der Waals surface area contributed by atoms with Crippen LogP contribution < -0.4 is 10.4 Å². The summed E-state index contributed by atoms with van der Waals surface area (Å²) in [7, 11) is 0. The molecule has 0 radical (unpaired) electrons. The molecule has 0 aliphatic heterocycles. The fraction of sp³-hybridized carbons (Fsp3) is 0.143. The van der Waals surface area contributed by atoms with E-state index in [0.717, 1.165) is 11.3 Å². The van der Waals surface area contributed by atoms with Gasteiger partial charge in [0.15, 0.2) is 0 Å². The van der Waals surface area contributed by atoms with Crippen LogP contribution in [0.2, 0.25) is 0 Å². The molecule has 0 atom stereocenters. The highest BCUT2D eigenvalue weighted by atomic mass is 35.5. The van der Waals surface area contributed by atoms with Gasteiger partial charge in [0.1, 0.15) is 0 Å². The van der Waals surface area contributed by atoms with Crippen molar-refractivity contribution in [3.05, 3.63) is 29.8 Å². The molecule has 0 fully saturated rings. The highest BCUT2D eigenvalue weighted by Gasteiger charge is 1.90. The van der Waals surface area contributed by atoms with Crippen LogP contribution in [-0.4, -0.2) is 5.11 Å². The van der Waals surface area contributed by atoms with Gasteiger partial charge in [-0.2, -0.15) is 0 Å². The molecule has 0 amide bonds. The Kier molecular flexibility index (Phi) is 3.16. The smallest absolute Gasteiger partial charge is 0.0681 e. The highest BCUT2D eigenvalue weighted by Crippen LogP contribution is 2.07. The first-order valence-electron chi connectivity index (χ1n) is 3.18. The molecule has 1 rings (SSSR count). The van der Waals surface area contributed by atoms with E-state index in [0.29, 0.717) is 0 Å². The van der Waals surface area contributed by atoms with Crippen molar-refractivity contribution in [3.63, 3.8) is 0 Å². The predicted octanol–water partition coefficient (Wildman–Crippen LogP) is 1.25. The summed E-state index contributed by atoms with van der Waals surface area (Å²) in [5.41, 5.74) is 4.43. The lowest BCUT2D eigenvalue weighted by Gasteiger charge is -2.02. The fourth-order valence-electron chi connectivity index (χ4n) is 0.748. The molecule has 0 aliphatic carbocycles. The third kappa shape index (κ3) is 2.38. The molecule has 1 aromatic carbocycles. The van der Waals surface area contributed by atoms with Crippen LogP contribution in [0.3, 0.4) is 0 Å².